The van der Waals surface area contributed by atoms with Crippen LogP contribution < -0.4 is 5.32 Å². The van der Waals surface area contributed by atoms with Gasteiger partial charge in [-0.15, -0.1) is 0 Å². The van der Waals surface area contributed by atoms with E-state index < -0.39 is 23.4 Å². The van der Waals surface area contributed by atoms with Crippen LogP contribution in [0.1, 0.15) is 10.4 Å². The van der Waals surface area contributed by atoms with Crippen LogP contribution >= 0.6 is 11.6 Å². The van der Waals surface area contributed by atoms with Crippen molar-refractivity contribution in [3.63, 3.8) is 0 Å². The Morgan fingerprint density at radius 2 is 1.77 bits per heavy atom. The molecule has 22 heavy (non-hydrogen) atoms. The molecule has 0 aliphatic rings. The predicted octanol–water partition coefficient (Wildman–Crippen LogP) is 3.44. The third kappa shape index (κ3) is 3.48. The fourth-order valence-electron chi connectivity index (χ4n) is 1.78. The number of carbonyl (C=O) groups is 2. The Kier molecular flexibility index (Phi) is 4.87. The van der Waals surface area contributed by atoms with Gasteiger partial charge in [0.05, 0.1) is 16.8 Å². The topological polar surface area (TPSA) is 70.0 Å². The van der Waals surface area contributed by atoms with Crippen molar-refractivity contribution >= 4 is 29.0 Å². The van der Waals surface area contributed by atoms with Crippen LogP contribution in [0.5, 0.6) is 0 Å². The maximum absolute atomic E-state index is 12.9. The van der Waals surface area contributed by atoms with Crippen molar-refractivity contribution < 1.29 is 14.0 Å². The van der Waals surface area contributed by atoms with Gasteiger partial charge in [-0.3, -0.25) is 9.59 Å². The van der Waals surface area contributed by atoms with Crippen molar-refractivity contribution in [2.45, 2.75) is 0 Å². The van der Waals surface area contributed by atoms with Crippen LogP contribution in [0.25, 0.3) is 0 Å². The molecule has 0 heterocycles. The van der Waals surface area contributed by atoms with Gasteiger partial charge in [-0.2, -0.15) is 5.26 Å². The molecule has 0 aromatic heterocycles. The lowest BCUT2D eigenvalue weighted by molar-refractivity contribution is -0.117. The minimum absolute atomic E-state index is 0.0854. The molecule has 0 saturated heterocycles. The molecule has 1 amide bonds. The van der Waals surface area contributed by atoms with Gasteiger partial charge >= 0.3 is 0 Å². The van der Waals surface area contributed by atoms with Gasteiger partial charge in [0.2, 0.25) is 5.91 Å². The zero-order chi connectivity index (χ0) is 16.1. The molecule has 0 fully saturated rings. The third-order valence-corrected chi connectivity index (χ3v) is 3.24. The van der Waals surface area contributed by atoms with E-state index in [1.807, 2.05) is 0 Å². The first kappa shape index (κ1) is 15.7. The number of hydrogen-bond donors (Lipinski definition) is 1. The highest BCUT2D eigenvalue weighted by atomic mass is 35.5. The van der Waals surface area contributed by atoms with Gasteiger partial charge in [-0.05, 0) is 36.4 Å². The largest absolute Gasteiger partial charge is 0.323 e. The summed E-state index contributed by atoms with van der Waals surface area (Å²) in [6, 6.07) is 12.8. The van der Waals surface area contributed by atoms with Crippen LogP contribution in [-0.2, 0) is 4.79 Å². The van der Waals surface area contributed by atoms with E-state index in [0.29, 0.717) is 10.7 Å². The molecule has 2 aromatic rings. The molecule has 6 heteroatoms. The summed E-state index contributed by atoms with van der Waals surface area (Å²) in [6.45, 7) is 0. The van der Waals surface area contributed by atoms with Crippen LogP contribution in [0, 0.1) is 23.1 Å². The number of ketones is 1. The molecule has 2 aromatic carbocycles. The lowest BCUT2D eigenvalue weighted by Crippen LogP contribution is -2.28. The SMILES string of the molecule is N#C[C@H](C(=O)Nc1ccccc1Cl)C(=O)c1ccc(F)cc1. The molecule has 0 spiro atoms. The number of nitrogens with zero attached hydrogens (tertiary/aromatic N) is 1. The highest BCUT2D eigenvalue weighted by Crippen LogP contribution is 2.21. The standard InChI is InChI=1S/C16H10ClFN2O2/c17-13-3-1-2-4-14(13)20-16(22)12(9-19)15(21)10-5-7-11(18)8-6-10/h1-8,12H,(H,20,22)/t12-/m0/s1. The van der Waals surface area contributed by atoms with E-state index in [4.69, 9.17) is 16.9 Å². The number of Topliss-reactive ketones (excluding diaryl/α,β-unsaturated/α-hetero) is 1. The minimum Gasteiger partial charge on any atom is -0.323 e. The first-order valence-corrected chi connectivity index (χ1v) is 6.65. The summed E-state index contributed by atoms with van der Waals surface area (Å²) in [7, 11) is 0. The van der Waals surface area contributed by atoms with E-state index in [9.17, 15) is 14.0 Å². The fourth-order valence-corrected chi connectivity index (χ4v) is 1.97. The molecule has 4 nitrogen and oxygen atoms in total. The first-order valence-electron chi connectivity index (χ1n) is 6.27. The van der Waals surface area contributed by atoms with Gasteiger partial charge in [0.15, 0.2) is 11.7 Å². The van der Waals surface area contributed by atoms with E-state index in [1.54, 1.807) is 30.3 Å². The summed E-state index contributed by atoms with van der Waals surface area (Å²) in [4.78, 5) is 24.3. The number of anilines is 1. The smallest absolute Gasteiger partial charge is 0.249 e. The second kappa shape index (κ2) is 6.83. The summed E-state index contributed by atoms with van der Waals surface area (Å²) in [6.07, 6.45) is 0. The summed E-state index contributed by atoms with van der Waals surface area (Å²) < 4.78 is 12.9. The fraction of sp³-hybridized carbons (Fsp3) is 0.0625. The van der Waals surface area contributed by atoms with Crippen LogP contribution in [0.4, 0.5) is 10.1 Å². The molecule has 0 radical (unpaired) electrons. The molecule has 0 aliphatic carbocycles. The first-order chi connectivity index (χ1) is 10.5. The lowest BCUT2D eigenvalue weighted by atomic mass is 9.98. The number of nitrogens with one attached hydrogen (secondary N) is 1. The minimum atomic E-state index is -1.54. The Bertz CT molecular complexity index is 753. The predicted molar refractivity (Wildman–Crippen MR) is 79.9 cm³/mol. The molecule has 110 valence electrons. The molecule has 0 unspecified atom stereocenters. The van der Waals surface area contributed by atoms with Gasteiger partial charge < -0.3 is 5.32 Å². The Labute approximate surface area is 131 Å². The molecule has 0 bridgehead atoms. The third-order valence-electron chi connectivity index (χ3n) is 2.91. The Morgan fingerprint density at radius 1 is 1.14 bits per heavy atom. The van der Waals surface area contributed by atoms with E-state index in [0.717, 1.165) is 12.1 Å². The molecule has 1 atom stereocenters. The second-order valence-electron chi connectivity index (χ2n) is 4.40. The average molecular weight is 317 g/mol. The van der Waals surface area contributed by atoms with Crippen molar-refractivity contribution in [1.29, 1.82) is 5.26 Å². The summed E-state index contributed by atoms with van der Waals surface area (Å²) in [5.41, 5.74) is 0.392. The van der Waals surface area contributed by atoms with Crippen molar-refractivity contribution in [2.75, 3.05) is 5.32 Å². The van der Waals surface area contributed by atoms with Gasteiger partial charge in [-0.1, -0.05) is 23.7 Å². The maximum atomic E-state index is 12.9. The van der Waals surface area contributed by atoms with E-state index in [1.165, 1.54) is 12.1 Å². The van der Waals surface area contributed by atoms with Crippen LogP contribution in [0.2, 0.25) is 5.02 Å². The summed E-state index contributed by atoms with van der Waals surface area (Å²) in [5.74, 6) is -3.54. The highest BCUT2D eigenvalue weighted by Gasteiger charge is 2.28. The van der Waals surface area contributed by atoms with Gasteiger partial charge in [0.1, 0.15) is 5.82 Å². The highest BCUT2D eigenvalue weighted by molar-refractivity contribution is 6.34. The molecule has 0 aliphatic heterocycles. The summed E-state index contributed by atoms with van der Waals surface area (Å²) in [5, 5.41) is 11.8. The zero-order valence-electron chi connectivity index (χ0n) is 11.2. The normalized spacial score (nSPS) is 11.3. The number of halogens is 2. The van der Waals surface area contributed by atoms with Crippen molar-refractivity contribution in [2.24, 2.45) is 5.92 Å². The van der Waals surface area contributed by atoms with Gasteiger partial charge in [0, 0.05) is 5.56 Å². The van der Waals surface area contributed by atoms with E-state index in [-0.39, 0.29) is 5.56 Å². The molecule has 1 N–H and O–H groups in total. The van der Waals surface area contributed by atoms with Crippen LogP contribution in [0.3, 0.4) is 0 Å². The number of para-hydroxylation sites is 1. The quantitative estimate of drug-likeness (QED) is 0.694. The Morgan fingerprint density at radius 3 is 2.36 bits per heavy atom. The maximum Gasteiger partial charge on any atom is 0.249 e. The summed E-state index contributed by atoms with van der Waals surface area (Å²) >= 11 is 5.91. The number of benzene rings is 2. The lowest BCUT2D eigenvalue weighted by Gasteiger charge is -2.10. The van der Waals surface area contributed by atoms with Crippen molar-refractivity contribution in [1.82, 2.24) is 0 Å². The van der Waals surface area contributed by atoms with E-state index >= 15 is 0 Å². The number of rotatable bonds is 4. The Hall–Kier alpha value is -2.71. The second-order valence-corrected chi connectivity index (χ2v) is 4.81. The van der Waals surface area contributed by atoms with E-state index in [2.05, 4.69) is 5.32 Å². The monoisotopic (exact) mass is 316 g/mol. The zero-order valence-corrected chi connectivity index (χ0v) is 12.0. The van der Waals surface area contributed by atoms with Crippen LogP contribution in [0.15, 0.2) is 48.5 Å². The number of hydrogen-bond acceptors (Lipinski definition) is 3. The van der Waals surface area contributed by atoms with Crippen LogP contribution in [-0.4, -0.2) is 11.7 Å². The number of carbonyl (C=O) groups excluding carboxylic acids is 2. The Balaban J connectivity index is 2.19. The van der Waals surface area contributed by atoms with Crippen molar-refractivity contribution in [3.05, 3.63) is 64.9 Å². The average Bonchev–Trinajstić information content (AvgIpc) is 2.51. The number of nitriles is 1. The molecular formula is C16H10ClFN2O2. The molecule has 0 saturated carbocycles. The number of amides is 1. The molecule has 2 rings (SSSR count). The van der Waals surface area contributed by atoms with Crippen molar-refractivity contribution in [3.8, 4) is 6.07 Å². The van der Waals surface area contributed by atoms with Gasteiger partial charge in [0.25, 0.3) is 0 Å². The molecular weight excluding hydrogens is 307 g/mol. The van der Waals surface area contributed by atoms with Gasteiger partial charge in [-0.25, -0.2) is 4.39 Å².